The Labute approximate surface area is 392 Å². The fourth-order valence-electron chi connectivity index (χ4n) is 11.3. The molecule has 66 heavy (non-hydrogen) atoms. The highest BCUT2D eigenvalue weighted by molar-refractivity contribution is 6.24. The summed E-state index contributed by atoms with van der Waals surface area (Å²) in [5, 5.41) is 8.82. The molecule has 3 heteroatoms. The molecule has 0 fully saturated rings. The van der Waals surface area contributed by atoms with Crippen LogP contribution in [0.1, 0.15) is 80.6 Å². The molecule has 0 radical (unpaired) electrons. The summed E-state index contributed by atoms with van der Waals surface area (Å²) in [6.45, 7) is 26.9. The van der Waals surface area contributed by atoms with Gasteiger partial charge in [0.2, 0.25) is 0 Å². The summed E-state index contributed by atoms with van der Waals surface area (Å²) in [6.07, 6.45) is 0. The van der Waals surface area contributed by atoms with E-state index >= 15 is 0 Å². The van der Waals surface area contributed by atoms with Crippen molar-refractivity contribution < 1.29 is 0 Å². The van der Waals surface area contributed by atoms with E-state index in [0.717, 1.165) is 56.3 Å². The lowest BCUT2D eigenvalue weighted by Gasteiger charge is -2.32. The van der Waals surface area contributed by atoms with E-state index in [1.54, 1.807) is 0 Å². The Morgan fingerprint density at radius 1 is 0.333 bits per heavy atom. The van der Waals surface area contributed by atoms with Crippen molar-refractivity contribution in [1.82, 2.24) is 0 Å². The van der Waals surface area contributed by atoms with Crippen molar-refractivity contribution in [3.05, 3.63) is 212 Å². The Bertz CT molecular complexity index is 3240. The minimum Gasteiger partial charge on any atom is -0.354 e. The summed E-state index contributed by atoms with van der Waals surface area (Å²) in [5.41, 5.74) is 26.5. The smallest absolute Gasteiger partial charge is 0.0620 e. The van der Waals surface area contributed by atoms with Gasteiger partial charge in [-0.1, -0.05) is 74.5 Å². The van der Waals surface area contributed by atoms with Crippen molar-refractivity contribution >= 4 is 67.0 Å². The number of benzene rings is 9. The second-order valence-corrected chi connectivity index (χ2v) is 20.1. The van der Waals surface area contributed by atoms with Gasteiger partial charge in [0.05, 0.1) is 11.4 Å². The Morgan fingerprint density at radius 3 is 1.24 bits per heavy atom. The van der Waals surface area contributed by atoms with E-state index in [1.165, 1.54) is 88.7 Å². The fraction of sp³-hybridized carbons (Fsp3) is 0.206. The summed E-state index contributed by atoms with van der Waals surface area (Å²) in [4.78, 5) is 5.02. The van der Waals surface area contributed by atoms with Crippen LogP contribution < -0.4 is 15.1 Å². The molecule has 0 saturated carbocycles. The number of hydrogen-bond acceptors (Lipinski definition) is 3. The predicted molar refractivity (Wildman–Crippen MR) is 285 cm³/mol. The van der Waals surface area contributed by atoms with Gasteiger partial charge in [0.1, 0.15) is 0 Å². The molecule has 0 aliphatic heterocycles. The van der Waals surface area contributed by atoms with E-state index in [9.17, 15) is 0 Å². The lowest BCUT2D eigenvalue weighted by molar-refractivity contribution is 0.661. The lowest BCUT2D eigenvalue weighted by Crippen LogP contribution is -2.16. The first kappa shape index (κ1) is 42.8. The van der Waals surface area contributed by atoms with Gasteiger partial charge >= 0.3 is 0 Å². The van der Waals surface area contributed by atoms with Crippen LogP contribution in [0.5, 0.6) is 0 Å². The number of rotatable bonds is 8. The monoisotopic (exact) mass is 859 g/mol. The zero-order chi connectivity index (χ0) is 46.3. The van der Waals surface area contributed by atoms with E-state index < -0.39 is 0 Å². The number of nitrogens with one attached hydrogen (secondary N) is 1. The first-order valence-corrected chi connectivity index (χ1v) is 23.5. The highest BCUT2D eigenvalue weighted by Gasteiger charge is 2.37. The minimum atomic E-state index is -0.185. The Kier molecular flexibility index (Phi) is 10.4. The average molecular weight is 860 g/mol. The second kappa shape index (κ2) is 16.1. The van der Waals surface area contributed by atoms with Gasteiger partial charge in [-0.25, -0.2) is 0 Å². The molecule has 10 rings (SSSR count). The maximum absolute atomic E-state index is 4.10. The van der Waals surface area contributed by atoms with Crippen LogP contribution in [0.3, 0.4) is 0 Å². The van der Waals surface area contributed by atoms with Crippen LogP contribution in [0, 0.1) is 69.2 Å². The minimum absolute atomic E-state index is 0.185. The molecule has 0 bridgehead atoms. The van der Waals surface area contributed by atoms with Gasteiger partial charge in [-0.05, 0) is 232 Å². The van der Waals surface area contributed by atoms with Crippen molar-refractivity contribution in [2.75, 3.05) is 15.1 Å². The number of nitrogens with zero attached hydrogens (tertiary/aromatic N) is 2. The molecular formula is C63H61N3. The van der Waals surface area contributed by atoms with Crippen LogP contribution in [0.25, 0.3) is 32.7 Å². The average Bonchev–Trinajstić information content (AvgIpc) is 3.44. The maximum atomic E-state index is 4.10. The summed E-state index contributed by atoms with van der Waals surface area (Å²) >= 11 is 0. The van der Waals surface area contributed by atoms with Crippen LogP contribution in [0.2, 0.25) is 0 Å². The van der Waals surface area contributed by atoms with Gasteiger partial charge in [-0.15, -0.1) is 0 Å². The van der Waals surface area contributed by atoms with E-state index in [4.69, 9.17) is 0 Å². The second-order valence-electron chi connectivity index (χ2n) is 20.1. The van der Waals surface area contributed by atoms with Crippen LogP contribution in [0.4, 0.5) is 45.5 Å². The summed E-state index contributed by atoms with van der Waals surface area (Å²) in [6, 6.07) is 55.9. The Balaban J connectivity index is 1.41. The summed E-state index contributed by atoms with van der Waals surface area (Å²) in [5.74, 6) is 0. The molecule has 0 unspecified atom stereocenters. The third kappa shape index (κ3) is 7.61. The summed E-state index contributed by atoms with van der Waals surface area (Å²) in [7, 11) is 0. The zero-order valence-electron chi connectivity index (χ0n) is 40.8. The molecule has 0 saturated heterocycles. The number of aryl methyl sites for hydroxylation is 10. The standard InChI is InChI=1S/C63H61N3/c1-37-19-38(2)25-47(24-37)64-61-54-18-17-48(65(49-26-39(3)20-40(4)27-49)50-28-41(5)21-42(6)29-50)34-57(54)62(58-35-55-53-15-13-14-16-59(53)63(11,12)60(55)36-56(58)61)66(51-30-43(7)22-44(8)31-51)52-32-45(9)23-46(10)33-52/h13-36,64H,1-12H3. The van der Waals surface area contributed by atoms with E-state index in [2.05, 4.69) is 244 Å². The molecule has 1 aliphatic rings. The zero-order valence-corrected chi connectivity index (χ0v) is 40.8. The van der Waals surface area contributed by atoms with Gasteiger partial charge < -0.3 is 15.1 Å². The van der Waals surface area contributed by atoms with Crippen molar-refractivity contribution in [1.29, 1.82) is 0 Å². The molecule has 1 N–H and O–H groups in total. The van der Waals surface area contributed by atoms with Crippen LogP contribution in [-0.4, -0.2) is 0 Å². The van der Waals surface area contributed by atoms with Gasteiger partial charge in [0, 0.05) is 61.1 Å². The third-order valence-corrected chi connectivity index (χ3v) is 13.6. The lowest BCUT2D eigenvalue weighted by atomic mass is 9.81. The SMILES string of the molecule is Cc1cc(C)cc(Nc2c3ccc(N(c4cc(C)cc(C)c4)c4cc(C)cc(C)c4)cc3c(N(c3cc(C)cc(C)c3)c3cc(C)cc(C)c3)c3cc4c(cc23)C(C)(C)c2ccccc2-4)c1. The molecule has 0 aromatic heterocycles. The molecule has 0 atom stereocenters. The molecule has 0 amide bonds. The topological polar surface area (TPSA) is 18.5 Å². The Hall–Kier alpha value is -7.10. The maximum Gasteiger partial charge on any atom is 0.0620 e. The normalized spacial score (nSPS) is 12.7. The molecule has 1 aliphatic carbocycles. The molecule has 3 nitrogen and oxygen atoms in total. The Morgan fingerprint density at radius 2 is 0.758 bits per heavy atom. The molecular weight excluding hydrogens is 799 g/mol. The van der Waals surface area contributed by atoms with Crippen LogP contribution >= 0.6 is 0 Å². The van der Waals surface area contributed by atoms with Crippen LogP contribution in [-0.2, 0) is 5.41 Å². The largest absolute Gasteiger partial charge is 0.354 e. The number of hydrogen-bond donors (Lipinski definition) is 1. The van der Waals surface area contributed by atoms with Crippen molar-refractivity contribution in [3.8, 4) is 11.1 Å². The van der Waals surface area contributed by atoms with Crippen molar-refractivity contribution in [3.63, 3.8) is 0 Å². The molecule has 328 valence electrons. The molecule has 0 heterocycles. The molecule has 0 spiro atoms. The summed E-state index contributed by atoms with van der Waals surface area (Å²) < 4.78 is 0. The van der Waals surface area contributed by atoms with E-state index in [1.807, 2.05) is 0 Å². The van der Waals surface area contributed by atoms with Crippen LogP contribution in [0.15, 0.2) is 146 Å². The van der Waals surface area contributed by atoms with Crippen molar-refractivity contribution in [2.24, 2.45) is 0 Å². The van der Waals surface area contributed by atoms with Gasteiger partial charge in [-0.3, -0.25) is 0 Å². The predicted octanol–water partition coefficient (Wildman–Crippen LogP) is 18.1. The van der Waals surface area contributed by atoms with Gasteiger partial charge in [0.15, 0.2) is 0 Å². The number of anilines is 8. The quantitative estimate of drug-likeness (QED) is 0.121. The van der Waals surface area contributed by atoms with E-state index in [-0.39, 0.29) is 5.41 Å². The third-order valence-electron chi connectivity index (χ3n) is 13.6. The highest BCUT2D eigenvalue weighted by Crippen LogP contribution is 2.55. The first-order valence-electron chi connectivity index (χ1n) is 23.5. The molecule has 9 aromatic carbocycles. The fourth-order valence-corrected chi connectivity index (χ4v) is 11.3. The van der Waals surface area contributed by atoms with E-state index in [0.29, 0.717) is 0 Å². The highest BCUT2D eigenvalue weighted by atomic mass is 15.2. The van der Waals surface area contributed by atoms with Gasteiger partial charge in [0.25, 0.3) is 0 Å². The first-order chi connectivity index (χ1) is 31.5. The molecule has 9 aromatic rings. The van der Waals surface area contributed by atoms with Gasteiger partial charge in [-0.2, -0.15) is 0 Å². The number of fused-ring (bicyclic) bond motifs is 5. The van der Waals surface area contributed by atoms with Crippen molar-refractivity contribution in [2.45, 2.75) is 88.5 Å².